The number of amides is 1. The van der Waals surface area contributed by atoms with Crippen molar-refractivity contribution in [2.75, 3.05) is 34.5 Å². The van der Waals surface area contributed by atoms with Crippen molar-refractivity contribution in [2.45, 2.75) is 25.0 Å². The van der Waals surface area contributed by atoms with Gasteiger partial charge in [-0.2, -0.15) is 0 Å². The van der Waals surface area contributed by atoms with Gasteiger partial charge in [-0.3, -0.25) is 9.59 Å². The van der Waals surface area contributed by atoms with Crippen molar-refractivity contribution < 1.29 is 28.2 Å². The second-order valence-corrected chi connectivity index (χ2v) is 8.12. The highest BCUT2D eigenvalue weighted by Crippen LogP contribution is 2.45. The standard InChI is InChI=1S/C25H25NO7/c1-29-18-11-14(12-19(30-2)23(18)31-3)21-20-22(27)16-8-4-5-9-17(16)33-24(20)25(28)26(21)13-15-7-6-10-32-15/h4-5,8-9,11-12,15,21H,6-7,10,13H2,1-3H3/t15-,21+/m0/s1. The fraction of sp³-hybridized carbons (Fsp3) is 0.360. The molecule has 8 heteroatoms. The van der Waals surface area contributed by atoms with Crippen LogP contribution < -0.4 is 19.6 Å². The van der Waals surface area contributed by atoms with Crippen molar-refractivity contribution in [3.63, 3.8) is 0 Å². The van der Waals surface area contributed by atoms with Gasteiger partial charge in [-0.25, -0.2) is 0 Å². The highest BCUT2D eigenvalue weighted by molar-refractivity contribution is 5.99. The van der Waals surface area contributed by atoms with Gasteiger partial charge in [-0.1, -0.05) is 12.1 Å². The first-order valence-electron chi connectivity index (χ1n) is 10.9. The number of ether oxygens (including phenoxy) is 4. The molecule has 0 spiro atoms. The molecule has 3 aromatic rings. The molecule has 2 aromatic carbocycles. The van der Waals surface area contributed by atoms with E-state index in [1.54, 1.807) is 41.3 Å². The van der Waals surface area contributed by atoms with Gasteiger partial charge in [-0.15, -0.1) is 0 Å². The zero-order valence-corrected chi connectivity index (χ0v) is 18.8. The molecule has 1 fully saturated rings. The number of hydrogen-bond acceptors (Lipinski definition) is 7. The maximum atomic E-state index is 13.6. The molecule has 0 bridgehead atoms. The third-order valence-electron chi connectivity index (χ3n) is 6.30. The lowest BCUT2D eigenvalue weighted by Crippen LogP contribution is -2.36. The molecule has 1 saturated heterocycles. The van der Waals surface area contributed by atoms with Gasteiger partial charge in [-0.05, 0) is 42.7 Å². The highest BCUT2D eigenvalue weighted by Gasteiger charge is 2.44. The van der Waals surface area contributed by atoms with E-state index in [1.165, 1.54) is 21.3 Å². The van der Waals surface area contributed by atoms with Crippen LogP contribution in [0, 0.1) is 0 Å². The van der Waals surface area contributed by atoms with Crippen molar-refractivity contribution in [1.29, 1.82) is 0 Å². The van der Waals surface area contributed by atoms with Crippen molar-refractivity contribution in [2.24, 2.45) is 0 Å². The van der Waals surface area contributed by atoms with Crippen LogP contribution in [0.5, 0.6) is 17.2 Å². The predicted octanol–water partition coefficient (Wildman–Crippen LogP) is 3.54. The molecular weight excluding hydrogens is 426 g/mol. The van der Waals surface area contributed by atoms with E-state index >= 15 is 0 Å². The molecule has 33 heavy (non-hydrogen) atoms. The average Bonchev–Trinajstić information content (AvgIpc) is 3.45. The molecule has 1 aromatic heterocycles. The largest absolute Gasteiger partial charge is 0.493 e. The quantitative estimate of drug-likeness (QED) is 0.566. The molecule has 0 saturated carbocycles. The molecule has 3 heterocycles. The SMILES string of the molecule is COc1cc([C@@H]2c3c(oc4ccccc4c3=O)C(=O)N2C[C@@H]2CCCO2)cc(OC)c1OC. The number of fused-ring (bicyclic) bond motifs is 2. The van der Waals surface area contributed by atoms with E-state index in [9.17, 15) is 9.59 Å². The number of rotatable bonds is 6. The third-order valence-corrected chi connectivity index (χ3v) is 6.30. The zero-order chi connectivity index (χ0) is 23.1. The van der Waals surface area contributed by atoms with Gasteiger partial charge in [0.05, 0.1) is 44.4 Å². The van der Waals surface area contributed by atoms with Gasteiger partial charge >= 0.3 is 0 Å². The summed E-state index contributed by atoms with van der Waals surface area (Å²) in [7, 11) is 4.58. The van der Waals surface area contributed by atoms with Gasteiger partial charge in [0.25, 0.3) is 5.91 Å². The number of methoxy groups -OCH3 is 3. The number of nitrogens with zero attached hydrogens (tertiary/aromatic N) is 1. The second kappa shape index (κ2) is 8.44. The van der Waals surface area contributed by atoms with E-state index in [0.717, 1.165) is 12.8 Å². The maximum Gasteiger partial charge on any atom is 0.291 e. The van der Waals surface area contributed by atoms with Gasteiger partial charge in [0.2, 0.25) is 11.5 Å². The van der Waals surface area contributed by atoms with E-state index in [2.05, 4.69) is 0 Å². The second-order valence-electron chi connectivity index (χ2n) is 8.12. The van der Waals surface area contributed by atoms with Crippen LogP contribution in [0.2, 0.25) is 0 Å². The van der Waals surface area contributed by atoms with Crippen LogP contribution in [-0.2, 0) is 4.74 Å². The van der Waals surface area contributed by atoms with E-state index in [-0.39, 0.29) is 23.2 Å². The monoisotopic (exact) mass is 451 g/mol. The first kappa shape index (κ1) is 21.3. The minimum absolute atomic E-state index is 0.0652. The van der Waals surface area contributed by atoms with Crippen molar-refractivity contribution in [3.05, 3.63) is 63.5 Å². The summed E-state index contributed by atoms with van der Waals surface area (Å²) in [6.45, 7) is 1.01. The Labute approximate surface area is 190 Å². The van der Waals surface area contributed by atoms with E-state index in [4.69, 9.17) is 23.4 Å². The Morgan fingerprint density at radius 1 is 1.03 bits per heavy atom. The van der Waals surface area contributed by atoms with Crippen molar-refractivity contribution in [1.82, 2.24) is 4.90 Å². The summed E-state index contributed by atoms with van der Waals surface area (Å²) in [5.41, 5.74) is 1.13. The van der Waals surface area contributed by atoms with Gasteiger partial charge in [0.15, 0.2) is 16.9 Å². The minimum atomic E-state index is -0.675. The Morgan fingerprint density at radius 2 is 1.76 bits per heavy atom. The molecule has 0 radical (unpaired) electrons. The van der Waals surface area contributed by atoms with Crippen molar-refractivity contribution >= 4 is 16.9 Å². The maximum absolute atomic E-state index is 13.6. The third kappa shape index (κ3) is 3.41. The number of benzene rings is 2. The number of hydrogen-bond donors (Lipinski definition) is 0. The lowest BCUT2D eigenvalue weighted by atomic mass is 9.97. The highest BCUT2D eigenvalue weighted by atomic mass is 16.5. The van der Waals surface area contributed by atoms with Crippen LogP contribution in [-0.4, -0.2) is 51.4 Å². The Balaban J connectivity index is 1.73. The fourth-order valence-corrected chi connectivity index (χ4v) is 4.77. The Kier molecular flexibility index (Phi) is 5.46. The summed E-state index contributed by atoms with van der Waals surface area (Å²) in [6, 6.07) is 9.82. The van der Waals surface area contributed by atoms with Crippen LogP contribution in [0.1, 0.15) is 40.6 Å². The predicted molar refractivity (Wildman–Crippen MR) is 120 cm³/mol. The van der Waals surface area contributed by atoms with E-state index in [1.807, 2.05) is 0 Å². The normalized spacial score (nSPS) is 19.7. The molecule has 2 aliphatic heterocycles. The van der Waals surface area contributed by atoms with E-state index < -0.39 is 6.04 Å². The first-order valence-corrected chi connectivity index (χ1v) is 10.9. The summed E-state index contributed by atoms with van der Waals surface area (Å²) < 4.78 is 28.3. The molecule has 0 N–H and O–H groups in total. The Bertz CT molecular complexity index is 1250. The summed E-state index contributed by atoms with van der Waals surface area (Å²) >= 11 is 0. The molecule has 172 valence electrons. The Morgan fingerprint density at radius 3 is 2.39 bits per heavy atom. The Hall–Kier alpha value is -3.52. The summed E-state index contributed by atoms with van der Waals surface area (Å²) in [6.07, 6.45) is 1.69. The van der Waals surface area contributed by atoms with Crippen LogP contribution >= 0.6 is 0 Å². The first-order chi connectivity index (χ1) is 16.1. The topological polar surface area (TPSA) is 87.4 Å². The molecule has 5 rings (SSSR count). The van der Waals surface area contributed by atoms with Gasteiger partial charge < -0.3 is 28.3 Å². The molecule has 1 amide bonds. The summed E-state index contributed by atoms with van der Waals surface area (Å²) in [4.78, 5) is 28.8. The smallest absolute Gasteiger partial charge is 0.291 e. The lowest BCUT2D eigenvalue weighted by molar-refractivity contribution is 0.0486. The number of carbonyl (C=O) groups is 1. The van der Waals surface area contributed by atoms with Gasteiger partial charge in [0, 0.05) is 13.2 Å². The fourth-order valence-electron chi connectivity index (χ4n) is 4.77. The van der Waals surface area contributed by atoms with Crippen molar-refractivity contribution in [3.8, 4) is 17.2 Å². The van der Waals surface area contributed by atoms with Crippen LogP contribution in [0.4, 0.5) is 0 Å². The minimum Gasteiger partial charge on any atom is -0.493 e. The van der Waals surface area contributed by atoms with Crippen LogP contribution in [0.15, 0.2) is 45.6 Å². The molecule has 0 aliphatic carbocycles. The van der Waals surface area contributed by atoms with Gasteiger partial charge in [0.1, 0.15) is 5.58 Å². The molecule has 2 aliphatic rings. The number of para-hydroxylation sites is 1. The van der Waals surface area contributed by atoms with E-state index in [0.29, 0.717) is 52.5 Å². The molecule has 0 unspecified atom stereocenters. The number of carbonyl (C=O) groups excluding carboxylic acids is 1. The molecular formula is C25H25NO7. The average molecular weight is 451 g/mol. The lowest BCUT2D eigenvalue weighted by Gasteiger charge is -2.28. The van der Waals surface area contributed by atoms with Crippen LogP contribution in [0.3, 0.4) is 0 Å². The molecule has 2 atom stereocenters. The molecule has 8 nitrogen and oxygen atoms in total. The zero-order valence-electron chi connectivity index (χ0n) is 18.8. The summed E-state index contributed by atoms with van der Waals surface area (Å²) in [5.74, 6) is 1.05. The van der Waals surface area contributed by atoms with Crippen LogP contribution in [0.25, 0.3) is 11.0 Å². The summed E-state index contributed by atoms with van der Waals surface area (Å²) in [5, 5.41) is 0.431.